The van der Waals surface area contributed by atoms with Gasteiger partial charge in [-0.1, -0.05) is 279 Å². The predicted octanol–water partition coefficient (Wildman–Crippen LogP) is 21.5. The third-order valence-electron chi connectivity index (χ3n) is 13.6. The molecule has 0 heterocycles. The molecule has 0 aromatic carbocycles. The van der Waals surface area contributed by atoms with E-state index in [1.165, 1.54) is 167 Å². The fraction of sp³-hybridized carbons (Fsp3) is 0.750. The Kier molecular flexibility index (Phi) is 59.3. The van der Waals surface area contributed by atoms with Crippen LogP contribution in [-0.2, 0) is 28.6 Å². The minimum Gasteiger partial charge on any atom is -0.462 e. The highest BCUT2D eigenvalue weighted by molar-refractivity contribution is 5.71. The van der Waals surface area contributed by atoms with Crippen LogP contribution in [0, 0.1) is 0 Å². The summed E-state index contributed by atoms with van der Waals surface area (Å²) in [6, 6.07) is 0. The molecule has 426 valence electrons. The zero-order valence-electron chi connectivity index (χ0n) is 48.8. The molecule has 74 heavy (non-hydrogen) atoms. The lowest BCUT2D eigenvalue weighted by Crippen LogP contribution is -2.30. The van der Waals surface area contributed by atoms with Gasteiger partial charge in [0, 0.05) is 19.3 Å². The molecule has 1 unspecified atom stereocenters. The third kappa shape index (κ3) is 59.5. The molecule has 0 amide bonds. The van der Waals surface area contributed by atoms with E-state index >= 15 is 0 Å². The van der Waals surface area contributed by atoms with Crippen molar-refractivity contribution in [3.05, 3.63) is 85.1 Å². The van der Waals surface area contributed by atoms with Crippen molar-refractivity contribution in [3.63, 3.8) is 0 Å². The number of esters is 3. The molecule has 6 nitrogen and oxygen atoms in total. The highest BCUT2D eigenvalue weighted by Gasteiger charge is 2.19. The number of rotatable bonds is 57. The van der Waals surface area contributed by atoms with E-state index in [-0.39, 0.29) is 31.1 Å². The molecule has 0 saturated heterocycles. The molecule has 0 aromatic heterocycles. The average Bonchev–Trinajstić information content (AvgIpc) is 3.40. The average molecular weight is 1030 g/mol. The molecule has 0 aromatic rings. The van der Waals surface area contributed by atoms with E-state index in [4.69, 9.17) is 14.2 Å². The maximum Gasteiger partial charge on any atom is 0.306 e. The first-order valence-electron chi connectivity index (χ1n) is 31.6. The molecule has 0 saturated carbocycles. The summed E-state index contributed by atoms with van der Waals surface area (Å²) in [6.45, 7) is 6.52. The van der Waals surface area contributed by atoms with E-state index in [9.17, 15) is 14.4 Å². The van der Waals surface area contributed by atoms with Crippen LogP contribution >= 0.6 is 0 Å². The Hall–Kier alpha value is -3.41. The largest absolute Gasteiger partial charge is 0.462 e. The van der Waals surface area contributed by atoms with Crippen LogP contribution in [0.5, 0.6) is 0 Å². The molecule has 0 rings (SSSR count). The monoisotopic (exact) mass is 1030 g/mol. The molecule has 0 N–H and O–H groups in total. The fourth-order valence-electron chi connectivity index (χ4n) is 8.91. The van der Waals surface area contributed by atoms with E-state index in [1.807, 2.05) is 0 Å². The second-order valence-corrected chi connectivity index (χ2v) is 20.9. The van der Waals surface area contributed by atoms with Crippen LogP contribution in [0.2, 0.25) is 0 Å². The van der Waals surface area contributed by atoms with Gasteiger partial charge in [-0.25, -0.2) is 0 Å². The Bertz CT molecular complexity index is 1420. The van der Waals surface area contributed by atoms with Gasteiger partial charge in [-0.3, -0.25) is 14.4 Å². The first-order valence-corrected chi connectivity index (χ1v) is 31.6. The number of carbonyl (C=O) groups excluding carboxylic acids is 3. The number of allylic oxidation sites excluding steroid dienone is 14. The van der Waals surface area contributed by atoms with Gasteiger partial charge >= 0.3 is 17.9 Å². The molecule has 1 atom stereocenters. The first-order chi connectivity index (χ1) is 36.5. The SMILES string of the molecule is CC/C=C\C/C=C\C/C=C\C/C=C\CCCCCCCCCCC(=O)OC(COC(=O)CCCCCCCCCCCC)COC(=O)CCCCCCCCCCCC/C=C\C/C=C\C/C=C\CCCCCCC. The highest BCUT2D eigenvalue weighted by Crippen LogP contribution is 2.16. The summed E-state index contributed by atoms with van der Waals surface area (Å²) >= 11 is 0. The van der Waals surface area contributed by atoms with E-state index in [2.05, 4.69) is 106 Å². The van der Waals surface area contributed by atoms with Crippen molar-refractivity contribution in [1.82, 2.24) is 0 Å². The van der Waals surface area contributed by atoms with Gasteiger partial charge in [-0.2, -0.15) is 0 Å². The van der Waals surface area contributed by atoms with Crippen LogP contribution in [-0.4, -0.2) is 37.2 Å². The Labute approximate surface area is 458 Å². The summed E-state index contributed by atoms with van der Waals surface area (Å²) in [7, 11) is 0. The normalized spacial score (nSPS) is 12.6. The Morgan fingerprint density at radius 2 is 0.527 bits per heavy atom. The van der Waals surface area contributed by atoms with Crippen LogP contribution in [0.15, 0.2) is 85.1 Å². The molecule has 0 radical (unpaired) electrons. The first kappa shape index (κ1) is 70.6. The molecule has 0 bridgehead atoms. The summed E-state index contributed by atoms with van der Waals surface area (Å²) in [6.07, 6.45) is 81.6. The van der Waals surface area contributed by atoms with Crippen LogP contribution in [0.25, 0.3) is 0 Å². The lowest BCUT2D eigenvalue weighted by molar-refractivity contribution is -0.167. The number of hydrogen-bond donors (Lipinski definition) is 0. The van der Waals surface area contributed by atoms with Gasteiger partial charge in [-0.15, -0.1) is 0 Å². The van der Waals surface area contributed by atoms with Crippen LogP contribution in [0.3, 0.4) is 0 Å². The zero-order chi connectivity index (χ0) is 53.6. The molecule has 0 spiro atoms. The summed E-state index contributed by atoms with van der Waals surface area (Å²) in [5.41, 5.74) is 0. The number of carbonyl (C=O) groups is 3. The topological polar surface area (TPSA) is 78.9 Å². The van der Waals surface area contributed by atoms with Crippen molar-refractivity contribution < 1.29 is 28.6 Å². The van der Waals surface area contributed by atoms with Crippen molar-refractivity contribution in [1.29, 1.82) is 0 Å². The maximum absolute atomic E-state index is 12.9. The van der Waals surface area contributed by atoms with Crippen molar-refractivity contribution in [3.8, 4) is 0 Å². The van der Waals surface area contributed by atoms with E-state index < -0.39 is 6.10 Å². The number of hydrogen-bond acceptors (Lipinski definition) is 6. The Morgan fingerprint density at radius 3 is 0.824 bits per heavy atom. The van der Waals surface area contributed by atoms with Crippen LogP contribution in [0.1, 0.15) is 310 Å². The van der Waals surface area contributed by atoms with Crippen molar-refractivity contribution in [2.24, 2.45) is 0 Å². The van der Waals surface area contributed by atoms with Gasteiger partial charge in [0.2, 0.25) is 0 Å². The third-order valence-corrected chi connectivity index (χ3v) is 13.6. The minimum absolute atomic E-state index is 0.0788. The van der Waals surface area contributed by atoms with Gasteiger partial charge < -0.3 is 14.2 Å². The van der Waals surface area contributed by atoms with Crippen molar-refractivity contribution in [2.45, 2.75) is 316 Å². The number of unbranched alkanes of at least 4 members (excludes halogenated alkanes) is 32. The van der Waals surface area contributed by atoms with Crippen LogP contribution in [0.4, 0.5) is 0 Å². The summed E-state index contributed by atoms with van der Waals surface area (Å²) < 4.78 is 16.9. The van der Waals surface area contributed by atoms with Gasteiger partial charge in [0.05, 0.1) is 0 Å². The van der Waals surface area contributed by atoms with E-state index in [0.29, 0.717) is 19.3 Å². The van der Waals surface area contributed by atoms with Gasteiger partial charge in [-0.05, 0) is 96.3 Å². The quantitative estimate of drug-likeness (QED) is 0.0261. The lowest BCUT2D eigenvalue weighted by Gasteiger charge is -2.18. The van der Waals surface area contributed by atoms with Gasteiger partial charge in [0.15, 0.2) is 6.10 Å². The smallest absolute Gasteiger partial charge is 0.306 e. The second-order valence-electron chi connectivity index (χ2n) is 20.9. The van der Waals surface area contributed by atoms with Crippen LogP contribution < -0.4 is 0 Å². The summed E-state index contributed by atoms with van der Waals surface area (Å²) in [4.78, 5) is 38.2. The Balaban J connectivity index is 4.27. The molecule has 0 fully saturated rings. The summed E-state index contributed by atoms with van der Waals surface area (Å²) in [5, 5.41) is 0. The Morgan fingerprint density at radius 1 is 0.284 bits per heavy atom. The standard InChI is InChI=1S/C68H118O6/c1-4-7-10-13-16-19-22-24-26-28-30-32-33-34-35-37-38-40-42-44-46-49-52-55-58-61-67(70)73-64-65(63-72-66(69)60-57-54-51-48-21-18-15-12-9-6-3)74-68(71)62-59-56-53-50-47-45-43-41-39-36-31-29-27-25-23-20-17-14-11-8-5-2/h8,11,17,20,22,24-25,27-28,30-31,33-34,36,65H,4-7,9-10,12-16,18-19,21,23,26,29,32,35,37-64H2,1-3H3/b11-8-,20-17-,24-22-,27-25-,30-28-,34-33-,36-31-. The van der Waals surface area contributed by atoms with Crippen molar-refractivity contribution >= 4 is 17.9 Å². The van der Waals surface area contributed by atoms with Gasteiger partial charge in [0.1, 0.15) is 13.2 Å². The molecule has 0 aliphatic carbocycles. The zero-order valence-corrected chi connectivity index (χ0v) is 48.8. The maximum atomic E-state index is 12.9. The van der Waals surface area contributed by atoms with E-state index in [1.54, 1.807) is 0 Å². The molecule has 6 heteroatoms. The molecular weight excluding hydrogens is 913 g/mol. The van der Waals surface area contributed by atoms with Crippen molar-refractivity contribution in [2.75, 3.05) is 13.2 Å². The van der Waals surface area contributed by atoms with Gasteiger partial charge in [0.25, 0.3) is 0 Å². The fourth-order valence-corrected chi connectivity index (χ4v) is 8.91. The molecule has 0 aliphatic heterocycles. The second kappa shape index (κ2) is 62.1. The minimum atomic E-state index is -0.782. The lowest BCUT2D eigenvalue weighted by atomic mass is 10.0. The summed E-state index contributed by atoms with van der Waals surface area (Å²) in [5.74, 6) is -0.882. The molecular formula is C68H118O6. The number of ether oxygens (including phenoxy) is 3. The molecule has 0 aliphatic rings. The van der Waals surface area contributed by atoms with E-state index in [0.717, 1.165) is 103 Å². The highest BCUT2D eigenvalue weighted by atomic mass is 16.6. The predicted molar refractivity (Wildman–Crippen MR) is 321 cm³/mol.